The molecular formula is C67H47NO. The highest BCUT2D eigenvalue weighted by Crippen LogP contribution is 2.50. The number of para-hydroxylation sites is 1. The number of anilines is 3. The molecule has 0 atom stereocenters. The van der Waals surface area contributed by atoms with Crippen molar-refractivity contribution >= 4 is 49.8 Å². The second kappa shape index (κ2) is 16.3. The fourth-order valence-electron chi connectivity index (χ4n) is 10.7. The van der Waals surface area contributed by atoms with Gasteiger partial charge in [-0.05, 0) is 161 Å². The van der Waals surface area contributed by atoms with E-state index in [0.29, 0.717) is 0 Å². The second-order valence-electron chi connectivity index (χ2n) is 18.9. The Bertz CT molecular complexity index is 3890. The van der Waals surface area contributed by atoms with Crippen LogP contribution in [-0.2, 0) is 5.41 Å². The van der Waals surface area contributed by atoms with Crippen LogP contribution in [0.2, 0.25) is 0 Å². The Balaban J connectivity index is 0.814. The van der Waals surface area contributed by atoms with Crippen LogP contribution in [0.3, 0.4) is 0 Å². The minimum absolute atomic E-state index is 0.0539. The summed E-state index contributed by atoms with van der Waals surface area (Å²) in [7, 11) is 0. The van der Waals surface area contributed by atoms with Crippen molar-refractivity contribution in [3.63, 3.8) is 0 Å². The quantitative estimate of drug-likeness (QED) is 0.151. The number of hydrogen-bond acceptors (Lipinski definition) is 2. The van der Waals surface area contributed by atoms with Gasteiger partial charge in [-0.3, -0.25) is 0 Å². The van der Waals surface area contributed by atoms with Gasteiger partial charge in [-0.2, -0.15) is 0 Å². The third-order valence-electron chi connectivity index (χ3n) is 14.5. The Morgan fingerprint density at radius 3 is 1.42 bits per heavy atom. The SMILES string of the molecule is CC1(C)c2ccccc2-c2ccc(-c3ccc(N(c4ccc(-c5ccc(-c6cccc(-c7ccc8ccccc8c7)c6)cc5)cc4)c4ccc(-c5ccc6c(c5)oc5ccccc56)cc4)cc3)cc21. The van der Waals surface area contributed by atoms with Gasteiger partial charge < -0.3 is 9.32 Å². The largest absolute Gasteiger partial charge is 0.456 e. The lowest BCUT2D eigenvalue weighted by atomic mass is 9.81. The van der Waals surface area contributed by atoms with Crippen molar-refractivity contribution < 1.29 is 4.42 Å². The van der Waals surface area contributed by atoms with Crippen LogP contribution in [-0.4, -0.2) is 0 Å². The molecule has 0 saturated heterocycles. The first-order chi connectivity index (χ1) is 33.9. The fraction of sp³-hybridized carbons (Fsp3) is 0.0448. The predicted molar refractivity (Wildman–Crippen MR) is 291 cm³/mol. The standard InChI is InChI=1S/C67H47NO/c1-67(2)63-16-7-5-14-59(63)60-38-30-54(42-64(60)67)48-26-34-57(35-27-48)68(58-36-28-49(29-37-58)55-31-39-62-61-15-6-8-17-65(61)69-66(62)43-55)56-32-24-46(25-33-56)45-18-20-47(21-19-45)51-12-9-13-52(40-51)53-23-22-44-10-3-4-11-50(44)41-53/h3-43H,1-2H3. The lowest BCUT2D eigenvalue weighted by Crippen LogP contribution is -2.14. The van der Waals surface area contributed by atoms with Crippen molar-refractivity contribution in [3.8, 4) is 66.8 Å². The van der Waals surface area contributed by atoms with E-state index >= 15 is 0 Å². The topological polar surface area (TPSA) is 16.4 Å². The van der Waals surface area contributed by atoms with Gasteiger partial charge in [0.1, 0.15) is 11.2 Å². The zero-order chi connectivity index (χ0) is 46.1. The molecule has 69 heavy (non-hydrogen) atoms. The highest BCUT2D eigenvalue weighted by atomic mass is 16.3. The van der Waals surface area contributed by atoms with Gasteiger partial charge in [-0.1, -0.05) is 190 Å². The Morgan fingerprint density at radius 1 is 0.290 bits per heavy atom. The van der Waals surface area contributed by atoms with Crippen LogP contribution >= 0.6 is 0 Å². The molecule has 11 aromatic carbocycles. The molecule has 13 rings (SSSR count). The van der Waals surface area contributed by atoms with Crippen molar-refractivity contribution in [2.45, 2.75) is 19.3 Å². The minimum Gasteiger partial charge on any atom is -0.456 e. The molecule has 0 spiro atoms. The molecule has 326 valence electrons. The summed E-state index contributed by atoms with van der Waals surface area (Å²) < 4.78 is 6.27. The lowest BCUT2D eigenvalue weighted by molar-refractivity contribution is 0.660. The molecule has 12 aromatic rings. The van der Waals surface area contributed by atoms with Crippen LogP contribution in [0.15, 0.2) is 253 Å². The minimum atomic E-state index is -0.0539. The summed E-state index contributed by atoms with van der Waals surface area (Å²) in [5, 5.41) is 4.79. The Hall–Kier alpha value is -8.72. The molecule has 0 amide bonds. The van der Waals surface area contributed by atoms with E-state index in [-0.39, 0.29) is 5.41 Å². The molecule has 0 aliphatic heterocycles. The molecule has 0 fully saturated rings. The summed E-state index contributed by atoms with van der Waals surface area (Å²) in [5.41, 5.74) is 22.4. The highest BCUT2D eigenvalue weighted by molar-refractivity contribution is 6.06. The average Bonchev–Trinajstić information content (AvgIpc) is 3.90. The zero-order valence-corrected chi connectivity index (χ0v) is 38.5. The molecule has 0 radical (unpaired) electrons. The van der Waals surface area contributed by atoms with E-state index in [1.54, 1.807) is 0 Å². The van der Waals surface area contributed by atoms with E-state index in [1.807, 2.05) is 12.1 Å². The number of furan rings is 1. The van der Waals surface area contributed by atoms with Gasteiger partial charge in [-0.25, -0.2) is 0 Å². The molecule has 0 bridgehead atoms. The summed E-state index contributed by atoms with van der Waals surface area (Å²) in [6.07, 6.45) is 0. The smallest absolute Gasteiger partial charge is 0.136 e. The summed E-state index contributed by atoms with van der Waals surface area (Å²) in [4.78, 5) is 2.36. The Morgan fingerprint density at radius 2 is 0.739 bits per heavy atom. The van der Waals surface area contributed by atoms with E-state index in [2.05, 4.69) is 255 Å². The van der Waals surface area contributed by atoms with Crippen molar-refractivity contribution in [1.82, 2.24) is 0 Å². The normalized spacial score (nSPS) is 12.6. The van der Waals surface area contributed by atoms with Crippen molar-refractivity contribution in [3.05, 3.63) is 260 Å². The molecule has 1 aromatic heterocycles. The Labute approximate surface area is 403 Å². The third kappa shape index (κ3) is 7.12. The Kier molecular flexibility index (Phi) is 9.55. The van der Waals surface area contributed by atoms with Gasteiger partial charge >= 0.3 is 0 Å². The maximum Gasteiger partial charge on any atom is 0.136 e. The van der Waals surface area contributed by atoms with Crippen LogP contribution in [0.4, 0.5) is 17.1 Å². The van der Waals surface area contributed by atoms with Gasteiger partial charge in [0.25, 0.3) is 0 Å². The van der Waals surface area contributed by atoms with E-state index in [9.17, 15) is 0 Å². The maximum atomic E-state index is 6.27. The van der Waals surface area contributed by atoms with E-state index in [1.165, 1.54) is 77.5 Å². The first-order valence-corrected chi connectivity index (χ1v) is 23.9. The van der Waals surface area contributed by atoms with Crippen LogP contribution < -0.4 is 4.90 Å². The molecule has 0 unspecified atom stereocenters. The van der Waals surface area contributed by atoms with Crippen molar-refractivity contribution in [1.29, 1.82) is 0 Å². The number of nitrogens with zero attached hydrogens (tertiary/aromatic N) is 1. The maximum absolute atomic E-state index is 6.27. The van der Waals surface area contributed by atoms with Crippen LogP contribution in [0.5, 0.6) is 0 Å². The monoisotopic (exact) mass is 881 g/mol. The van der Waals surface area contributed by atoms with Crippen molar-refractivity contribution in [2.75, 3.05) is 4.90 Å². The summed E-state index contributed by atoms with van der Waals surface area (Å²) >= 11 is 0. The molecule has 0 saturated carbocycles. The number of benzene rings is 11. The summed E-state index contributed by atoms with van der Waals surface area (Å²) in [6, 6.07) is 90.6. The number of fused-ring (bicyclic) bond motifs is 7. The van der Waals surface area contributed by atoms with Crippen LogP contribution in [0, 0.1) is 0 Å². The van der Waals surface area contributed by atoms with Gasteiger partial charge in [0.2, 0.25) is 0 Å². The van der Waals surface area contributed by atoms with Crippen molar-refractivity contribution in [2.24, 2.45) is 0 Å². The van der Waals surface area contributed by atoms with E-state index < -0.39 is 0 Å². The lowest BCUT2D eigenvalue weighted by Gasteiger charge is -2.26. The number of hydrogen-bond donors (Lipinski definition) is 0. The van der Waals surface area contributed by atoms with Gasteiger partial charge in [0.15, 0.2) is 0 Å². The predicted octanol–water partition coefficient (Wildman–Crippen LogP) is 18.9. The molecule has 1 heterocycles. The number of rotatable bonds is 8. The fourth-order valence-corrected chi connectivity index (χ4v) is 10.7. The van der Waals surface area contributed by atoms with E-state index in [0.717, 1.165) is 50.1 Å². The molecule has 1 aliphatic rings. The summed E-state index contributed by atoms with van der Waals surface area (Å²) in [6.45, 7) is 4.69. The molecular weight excluding hydrogens is 835 g/mol. The molecule has 2 heteroatoms. The molecule has 2 nitrogen and oxygen atoms in total. The van der Waals surface area contributed by atoms with Gasteiger partial charge in [0, 0.05) is 33.2 Å². The molecule has 1 aliphatic carbocycles. The van der Waals surface area contributed by atoms with Crippen LogP contribution in [0.1, 0.15) is 25.0 Å². The second-order valence-corrected chi connectivity index (χ2v) is 18.9. The third-order valence-corrected chi connectivity index (χ3v) is 14.5. The first kappa shape index (κ1) is 40.5. The highest BCUT2D eigenvalue weighted by Gasteiger charge is 2.35. The van der Waals surface area contributed by atoms with Gasteiger partial charge in [0.05, 0.1) is 0 Å². The first-order valence-electron chi connectivity index (χ1n) is 23.9. The average molecular weight is 882 g/mol. The zero-order valence-electron chi connectivity index (χ0n) is 38.5. The van der Waals surface area contributed by atoms with Crippen LogP contribution in [0.25, 0.3) is 99.5 Å². The van der Waals surface area contributed by atoms with Gasteiger partial charge in [-0.15, -0.1) is 0 Å². The molecule has 0 N–H and O–H groups in total. The summed E-state index contributed by atoms with van der Waals surface area (Å²) in [5.74, 6) is 0. The van der Waals surface area contributed by atoms with E-state index in [4.69, 9.17) is 4.42 Å².